The molecule has 170 valence electrons. The highest BCUT2D eigenvalue weighted by molar-refractivity contribution is 5.25. The monoisotopic (exact) mass is 412 g/mol. The Morgan fingerprint density at radius 1 is 1.00 bits per heavy atom. The summed E-state index contributed by atoms with van der Waals surface area (Å²) in [6.07, 6.45) is 20.1. The van der Waals surface area contributed by atoms with Crippen molar-refractivity contribution in [3.63, 3.8) is 0 Å². The molecule has 0 aromatic heterocycles. The zero-order chi connectivity index (χ0) is 21.7. The third kappa shape index (κ3) is 3.66. The Labute approximate surface area is 186 Å². The quantitative estimate of drug-likeness (QED) is 0.454. The summed E-state index contributed by atoms with van der Waals surface area (Å²) in [5.74, 6) is 5.51. The average molecular weight is 413 g/mol. The molecule has 0 spiro atoms. The van der Waals surface area contributed by atoms with E-state index in [4.69, 9.17) is 0 Å². The van der Waals surface area contributed by atoms with E-state index in [1.54, 1.807) is 0 Å². The molecule has 0 saturated heterocycles. The van der Waals surface area contributed by atoms with Crippen LogP contribution in [0.15, 0.2) is 24.3 Å². The summed E-state index contributed by atoms with van der Waals surface area (Å²) in [6, 6.07) is 0. The van der Waals surface area contributed by atoms with Crippen LogP contribution in [-0.2, 0) is 0 Å². The fraction of sp³-hybridized carbons (Fsp3) is 0.862. The number of allylic oxidation sites excluding steroid dienone is 1. The first-order valence-corrected chi connectivity index (χ1v) is 13.2. The Kier molecular flexibility index (Phi) is 6.10. The molecule has 1 heteroatoms. The molecule has 0 heterocycles. The average Bonchev–Trinajstić information content (AvgIpc) is 3.04. The standard InChI is InChI=1S/C29H48O/c1-7-21(27(3,4)30)12-11-20(2)24-15-16-25-23-14-13-22-10-8-9-18-28(22,5)26(23)17-19-29(24,25)6/h7,12,20,22-26,30H,1,8-11,13-19H2,2-6H3/t20-,22?,23+,24-,25+,26+,28+,29-/m1/s1. The van der Waals surface area contributed by atoms with Gasteiger partial charge in [0.05, 0.1) is 5.60 Å². The zero-order valence-electron chi connectivity index (χ0n) is 20.6. The lowest BCUT2D eigenvalue weighted by atomic mass is 9.44. The van der Waals surface area contributed by atoms with E-state index in [1.807, 2.05) is 19.9 Å². The molecule has 0 radical (unpaired) electrons. The van der Waals surface area contributed by atoms with Crippen LogP contribution in [0.2, 0.25) is 0 Å². The second-order valence-corrected chi connectivity index (χ2v) is 12.8. The molecule has 1 N–H and O–H groups in total. The van der Waals surface area contributed by atoms with E-state index < -0.39 is 5.60 Å². The third-order valence-electron chi connectivity index (χ3n) is 11.0. The predicted octanol–water partition coefficient (Wildman–Crippen LogP) is 7.94. The Hall–Kier alpha value is -0.560. The molecule has 4 aliphatic rings. The lowest BCUT2D eigenvalue weighted by molar-refractivity contribution is -0.114. The van der Waals surface area contributed by atoms with Crippen LogP contribution in [0, 0.1) is 46.3 Å². The fourth-order valence-corrected chi connectivity index (χ4v) is 9.33. The molecule has 0 amide bonds. The zero-order valence-corrected chi connectivity index (χ0v) is 20.6. The molecule has 1 nitrogen and oxygen atoms in total. The van der Waals surface area contributed by atoms with Gasteiger partial charge in [0.1, 0.15) is 0 Å². The van der Waals surface area contributed by atoms with Crippen molar-refractivity contribution in [2.24, 2.45) is 46.3 Å². The first-order valence-electron chi connectivity index (χ1n) is 13.2. The predicted molar refractivity (Wildman–Crippen MR) is 128 cm³/mol. The lowest BCUT2D eigenvalue weighted by Crippen LogP contribution is -2.53. The van der Waals surface area contributed by atoms with E-state index >= 15 is 0 Å². The third-order valence-corrected chi connectivity index (χ3v) is 11.0. The smallest absolute Gasteiger partial charge is 0.0837 e. The summed E-state index contributed by atoms with van der Waals surface area (Å²) < 4.78 is 0. The van der Waals surface area contributed by atoms with Gasteiger partial charge in [-0.25, -0.2) is 0 Å². The summed E-state index contributed by atoms with van der Waals surface area (Å²) in [6.45, 7) is 15.5. The molecule has 30 heavy (non-hydrogen) atoms. The first kappa shape index (κ1) is 22.6. The van der Waals surface area contributed by atoms with Crippen molar-refractivity contribution in [3.8, 4) is 0 Å². The van der Waals surface area contributed by atoms with Crippen molar-refractivity contribution in [1.29, 1.82) is 0 Å². The van der Waals surface area contributed by atoms with Crippen molar-refractivity contribution in [2.75, 3.05) is 0 Å². The van der Waals surface area contributed by atoms with Crippen LogP contribution in [0.25, 0.3) is 0 Å². The van der Waals surface area contributed by atoms with Gasteiger partial charge in [0.15, 0.2) is 0 Å². The van der Waals surface area contributed by atoms with E-state index in [9.17, 15) is 5.11 Å². The molecule has 0 aliphatic heterocycles. The normalized spacial score (nSPS) is 45.3. The summed E-state index contributed by atoms with van der Waals surface area (Å²) in [5.41, 5.74) is 1.40. The molecule has 0 bridgehead atoms. The Morgan fingerprint density at radius 2 is 1.73 bits per heavy atom. The molecule has 4 saturated carbocycles. The Bertz CT molecular complexity index is 668. The van der Waals surface area contributed by atoms with Gasteiger partial charge in [0.2, 0.25) is 0 Å². The molecule has 4 fully saturated rings. The largest absolute Gasteiger partial charge is 0.386 e. The molecule has 4 rings (SSSR count). The molecular weight excluding hydrogens is 364 g/mol. The van der Waals surface area contributed by atoms with Gasteiger partial charge in [-0.2, -0.15) is 0 Å². The van der Waals surface area contributed by atoms with Gasteiger partial charge in [0, 0.05) is 0 Å². The number of fused-ring (bicyclic) bond motifs is 5. The van der Waals surface area contributed by atoms with Crippen LogP contribution >= 0.6 is 0 Å². The Balaban J connectivity index is 1.50. The molecular formula is C29H48O. The maximum atomic E-state index is 10.4. The van der Waals surface area contributed by atoms with E-state index in [2.05, 4.69) is 33.4 Å². The van der Waals surface area contributed by atoms with Gasteiger partial charge in [-0.15, -0.1) is 0 Å². The maximum Gasteiger partial charge on any atom is 0.0837 e. The minimum absolute atomic E-state index is 0.537. The highest BCUT2D eigenvalue weighted by Crippen LogP contribution is 2.68. The van der Waals surface area contributed by atoms with Gasteiger partial charge in [-0.05, 0) is 124 Å². The van der Waals surface area contributed by atoms with Gasteiger partial charge < -0.3 is 5.11 Å². The van der Waals surface area contributed by atoms with E-state index in [0.717, 1.165) is 41.6 Å². The van der Waals surface area contributed by atoms with Crippen molar-refractivity contribution in [1.82, 2.24) is 0 Å². The highest BCUT2D eigenvalue weighted by atomic mass is 16.3. The maximum absolute atomic E-state index is 10.4. The summed E-state index contributed by atoms with van der Waals surface area (Å²) in [4.78, 5) is 0. The highest BCUT2D eigenvalue weighted by Gasteiger charge is 2.60. The van der Waals surface area contributed by atoms with Crippen LogP contribution in [0.5, 0.6) is 0 Å². The van der Waals surface area contributed by atoms with Gasteiger partial charge in [-0.3, -0.25) is 0 Å². The van der Waals surface area contributed by atoms with Crippen LogP contribution in [-0.4, -0.2) is 10.7 Å². The van der Waals surface area contributed by atoms with Gasteiger partial charge in [0.25, 0.3) is 0 Å². The molecule has 8 atom stereocenters. The fourth-order valence-electron chi connectivity index (χ4n) is 9.33. The van der Waals surface area contributed by atoms with Crippen LogP contribution in [0.1, 0.15) is 105 Å². The summed E-state index contributed by atoms with van der Waals surface area (Å²) in [7, 11) is 0. The second-order valence-electron chi connectivity index (χ2n) is 12.8. The van der Waals surface area contributed by atoms with Crippen LogP contribution in [0.4, 0.5) is 0 Å². The Morgan fingerprint density at radius 3 is 2.43 bits per heavy atom. The van der Waals surface area contributed by atoms with Gasteiger partial charge in [-0.1, -0.05) is 52.3 Å². The number of aliphatic hydroxyl groups is 1. The number of hydrogen-bond acceptors (Lipinski definition) is 1. The summed E-state index contributed by atoms with van der Waals surface area (Å²) >= 11 is 0. The molecule has 0 aromatic carbocycles. The van der Waals surface area contributed by atoms with Crippen molar-refractivity contribution >= 4 is 0 Å². The lowest BCUT2D eigenvalue weighted by Gasteiger charge is -2.61. The topological polar surface area (TPSA) is 20.2 Å². The van der Waals surface area contributed by atoms with Crippen LogP contribution < -0.4 is 0 Å². The van der Waals surface area contributed by atoms with E-state index in [-0.39, 0.29) is 0 Å². The molecule has 4 aliphatic carbocycles. The summed E-state index contributed by atoms with van der Waals surface area (Å²) in [5, 5.41) is 10.4. The SMILES string of the molecule is C=CC(=CC[C@@H](C)[C@H]1CC[C@H]2[C@@H]3CCC4CCCC[C@]4(C)[C@H]3CC[C@]12C)C(C)(C)O. The minimum atomic E-state index is -0.782. The van der Waals surface area contributed by atoms with E-state index in [1.165, 1.54) is 64.2 Å². The molecule has 0 aromatic rings. The molecule has 1 unspecified atom stereocenters. The second kappa shape index (κ2) is 8.09. The van der Waals surface area contributed by atoms with Crippen molar-refractivity contribution < 1.29 is 5.11 Å². The van der Waals surface area contributed by atoms with E-state index in [0.29, 0.717) is 16.7 Å². The van der Waals surface area contributed by atoms with Crippen molar-refractivity contribution in [3.05, 3.63) is 24.3 Å². The number of hydrogen-bond donors (Lipinski definition) is 1. The van der Waals surface area contributed by atoms with Crippen molar-refractivity contribution in [2.45, 2.75) is 111 Å². The van der Waals surface area contributed by atoms with Gasteiger partial charge >= 0.3 is 0 Å². The number of rotatable bonds is 5. The van der Waals surface area contributed by atoms with Crippen LogP contribution in [0.3, 0.4) is 0 Å². The first-order chi connectivity index (χ1) is 14.1. The minimum Gasteiger partial charge on any atom is -0.386 e.